The van der Waals surface area contributed by atoms with Crippen LogP contribution in [0.15, 0.2) is 18.2 Å². The molecule has 1 aromatic heterocycles. The van der Waals surface area contributed by atoms with Crippen LogP contribution in [0.3, 0.4) is 0 Å². The maximum Gasteiger partial charge on any atom is 0.233 e. The first-order chi connectivity index (χ1) is 16.2. The molecule has 0 radical (unpaired) electrons. The predicted molar refractivity (Wildman–Crippen MR) is 143 cm³/mol. The predicted octanol–water partition coefficient (Wildman–Crippen LogP) is 5.11. The molecule has 2 heterocycles. The lowest BCUT2D eigenvalue weighted by atomic mass is 9.98. The summed E-state index contributed by atoms with van der Waals surface area (Å²) in [4.78, 5) is 14.1. The minimum absolute atomic E-state index is 0.423. The highest BCUT2D eigenvalue weighted by atomic mass is 127. The smallest absolute Gasteiger partial charge is 0.233 e. The van der Waals surface area contributed by atoms with E-state index < -0.39 is 0 Å². The third-order valence-corrected chi connectivity index (χ3v) is 7.33. The van der Waals surface area contributed by atoms with Gasteiger partial charge in [-0.3, -0.25) is 0 Å². The van der Waals surface area contributed by atoms with Crippen molar-refractivity contribution in [3.8, 4) is 5.75 Å². The fraction of sp³-hybridized carbons (Fsp3) is 0.625. The first-order valence-corrected chi connectivity index (χ1v) is 13.7. The van der Waals surface area contributed by atoms with Crippen molar-refractivity contribution in [3.63, 3.8) is 0 Å². The molecule has 0 bridgehead atoms. The van der Waals surface area contributed by atoms with Gasteiger partial charge in [0.15, 0.2) is 0 Å². The first kappa shape index (κ1) is 24.3. The quantitative estimate of drug-likeness (QED) is 0.190. The minimum Gasteiger partial charge on any atom is -0.496 e. The first-order valence-electron chi connectivity index (χ1n) is 12.2. The van der Waals surface area contributed by atoms with Gasteiger partial charge < -0.3 is 26.0 Å². The maximum atomic E-state index is 5.47. The van der Waals surface area contributed by atoms with Gasteiger partial charge in [-0.1, -0.05) is 48.3 Å². The minimum atomic E-state index is 0.423. The molecular formula is C24H36IN7O. The molecule has 1 saturated carbocycles. The highest BCUT2D eigenvalue weighted by Crippen LogP contribution is 2.27. The van der Waals surface area contributed by atoms with E-state index in [-0.39, 0.29) is 0 Å². The number of nitrogens with one attached hydrogen (secondary N) is 4. The van der Waals surface area contributed by atoms with E-state index in [1.54, 1.807) is 7.11 Å². The summed E-state index contributed by atoms with van der Waals surface area (Å²) in [7, 11) is 1.70. The van der Waals surface area contributed by atoms with Crippen molar-refractivity contribution in [2.75, 3.05) is 42.7 Å². The highest BCUT2D eigenvalue weighted by molar-refractivity contribution is 14.1. The van der Waals surface area contributed by atoms with Crippen LogP contribution < -0.4 is 26.0 Å². The molecule has 180 valence electrons. The van der Waals surface area contributed by atoms with Gasteiger partial charge in [0.05, 0.1) is 7.11 Å². The van der Waals surface area contributed by atoms with Crippen LogP contribution in [0.5, 0.6) is 5.75 Å². The number of aromatic nitrogens is 3. The Labute approximate surface area is 210 Å². The van der Waals surface area contributed by atoms with E-state index in [0.717, 1.165) is 41.1 Å². The zero-order chi connectivity index (χ0) is 22.9. The summed E-state index contributed by atoms with van der Waals surface area (Å²) >= 11 is 2.35. The van der Waals surface area contributed by atoms with Gasteiger partial charge in [0.25, 0.3) is 0 Å². The van der Waals surface area contributed by atoms with Gasteiger partial charge in [0.2, 0.25) is 17.8 Å². The number of alkyl halides is 1. The van der Waals surface area contributed by atoms with Gasteiger partial charge in [0.1, 0.15) is 5.75 Å². The molecule has 2 aromatic rings. The van der Waals surface area contributed by atoms with Crippen LogP contribution in [0.2, 0.25) is 0 Å². The van der Waals surface area contributed by atoms with Crippen LogP contribution in [0, 0.1) is 5.92 Å². The van der Waals surface area contributed by atoms with Crippen LogP contribution in [-0.2, 0) is 4.43 Å². The molecule has 1 aromatic carbocycles. The summed E-state index contributed by atoms with van der Waals surface area (Å²) in [5.74, 6) is 3.37. The van der Waals surface area contributed by atoms with Gasteiger partial charge in [-0.25, -0.2) is 0 Å². The molecule has 9 heteroatoms. The lowest BCUT2D eigenvalue weighted by Crippen LogP contribution is -2.31. The average molecular weight is 566 g/mol. The number of rotatable bonds is 9. The Hall–Kier alpha value is -1.88. The molecule has 0 amide bonds. The summed E-state index contributed by atoms with van der Waals surface area (Å²) in [6.07, 6.45) is 9.87. The van der Waals surface area contributed by atoms with Crippen molar-refractivity contribution in [3.05, 3.63) is 23.8 Å². The number of nitrogens with zero attached hydrogens (tertiary/aromatic N) is 3. The summed E-state index contributed by atoms with van der Waals surface area (Å²) in [5.41, 5.74) is 2.08. The number of ether oxygens (including phenoxy) is 1. The fourth-order valence-electron chi connectivity index (χ4n) is 4.59. The summed E-state index contributed by atoms with van der Waals surface area (Å²) in [5, 5.41) is 13.9. The second kappa shape index (κ2) is 12.5. The van der Waals surface area contributed by atoms with Crippen LogP contribution in [0.25, 0.3) is 0 Å². The van der Waals surface area contributed by atoms with E-state index in [1.165, 1.54) is 51.4 Å². The maximum absolute atomic E-state index is 5.47. The Bertz CT molecular complexity index is 883. The molecule has 4 N–H and O–H groups in total. The van der Waals surface area contributed by atoms with Crippen LogP contribution >= 0.6 is 22.6 Å². The van der Waals surface area contributed by atoms with Gasteiger partial charge in [-0.05, 0) is 62.9 Å². The van der Waals surface area contributed by atoms with Crippen LogP contribution in [-0.4, -0.2) is 47.7 Å². The van der Waals surface area contributed by atoms with Crippen molar-refractivity contribution in [2.45, 2.75) is 61.8 Å². The zero-order valence-electron chi connectivity index (χ0n) is 19.5. The van der Waals surface area contributed by atoms with Crippen molar-refractivity contribution in [2.24, 2.45) is 5.92 Å². The highest BCUT2D eigenvalue weighted by Gasteiger charge is 2.17. The number of hydrogen-bond acceptors (Lipinski definition) is 8. The Kier molecular flexibility index (Phi) is 9.22. The normalized spacial score (nSPS) is 17.9. The van der Waals surface area contributed by atoms with Crippen LogP contribution in [0.4, 0.5) is 23.5 Å². The van der Waals surface area contributed by atoms with E-state index in [2.05, 4.69) is 54.9 Å². The van der Waals surface area contributed by atoms with E-state index in [0.29, 0.717) is 29.8 Å². The summed E-state index contributed by atoms with van der Waals surface area (Å²) < 4.78 is 6.33. The molecule has 1 aliphatic carbocycles. The number of halogens is 1. The standard InChI is InChI=1S/C24H36IN7O/c1-33-21-9-8-20(14-18(21)15-25)29-24-31-22(27-16-17-10-12-26-13-11-17)30-23(32-24)28-19-6-4-2-3-5-7-19/h8-9,14,17,19,26H,2-7,10-13,15-16H2,1H3,(H3,27,28,29,30,31,32). The number of hydrogen-bond donors (Lipinski definition) is 4. The number of anilines is 4. The second-order valence-electron chi connectivity index (χ2n) is 9.00. The molecule has 0 unspecified atom stereocenters. The monoisotopic (exact) mass is 565 g/mol. The Balaban J connectivity index is 1.52. The molecule has 33 heavy (non-hydrogen) atoms. The number of methoxy groups -OCH3 is 1. The molecule has 4 rings (SSSR count). The molecule has 1 aliphatic heterocycles. The lowest BCUT2D eigenvalue weighted by Gasteiger charge is -2.23. The fourth-order valence-corrected chi connectivity index (χ4v) is 5.19. The molecule has 8 nitrogen and oxygen atoms in total. The van der Waals surface area contributed by atoms with Gasteiger partial charge >= 0.3 is 0 Å². The third-order valence-electron chi connectivity index (χ3n) is 6.51. The van der Waals surface area contributed by atoms with Gasteiger partial charge in [-0.2, -0.15) is 15.0 Å². The van der Waals surface area contributed by atoms with Crippen molar-refractivity contribution < 1.29 is 4.74 Å². The SMILES string of the molecule is COc1ccc(Nc2nc(NCC3CCNCC3)nc(NC3CCCCCC3)n2)cc1CI. The topological polar surface area (TPSA) is 96.0 Å². The van der Waals surface area contributed by atoms with Gasteiger partial charge in [-0.15, -0.1) is 0 Å². The average Bonchev–Trinajstić information content (AvgIpc) is 3.12. The molecular weight excluding hydrogens is 529 g/mol. The number of benzene rings is 1. The van der Waals surface area contributed by atoms with Crippen molar-refractivity contribution in [1.29, 1.82) is 0 Å². The Morgan fingerprint density at radius 1 is 0.970 bits per heavy atom. The third kappa shape index (κ3) is 7.30. The molecule has 0 atom stereocenters. The Morgan fingerprint density at radius 2 is 1.70 bits per heavy atom. The van der Waals surface area contributed by atoms with E-state index >= 15 is 0 Å². The van der Waals surface area contributed by atoms with E-state index in [1.807, 2.05) is 12.1 Å². The summed E-state index contributed by atoms with van der Waals surface area (Å²) in [6, 6.07) is 6.50. The second-order valence-corrected chi connectivity index (χ2v) is 9.76. The molecule has 1 saturated heterocycles. The van der Waals surface area contributed by atoms with E-state index in [4.69, 9.17) is 14.7 Å². The Morgan fingerprint density at radius 3 is 2.42 bits per heavy atom. The largest absolute Gasteiger partial charge is 0.496 e. The van der Waals surface area contributed by atoms with Crippen molar-refractivity contribution in [1.82, 2.24) is 20.3 Å². The van der Waals surface area contributed by atoms with Crippen LogP contribution in [0.1, 0.15) is 56.9 Å². The van der Waals surface area contributed by atoms with Crippen molar-refractivity contribution >= 4 is 46.1 Å². The van der Waals surface area contributed by atoms with Gasteiger partial charge in [0, 0.05) is 28.3 Å². The zero-order valence-corrected chi connectivity index (χ0v) is 21.7. The lowest BCUT2D eigenvalue weighted by molar-refractivity contribution is 0.389. The van der Waals surface area contributed by atoms with E-state index in [9.17, 15) is 0 Å². The molecule has 0 spiro atoms. The molecule has 2 aliphatic rings. The molecule has 2 fully saturated rings. The number of piperidine rings is 1. The summed E-state index contributed by atoms with van der Waals surface area (Å²) in [6.45, 7) is 3.05.